The summed E-state index contributed by atoms with van der Waals surface area (Å²) in [5, 5.41) is 13.6. The molecule has 0 aliphatic carbocycles. The van der Waals surface area contributed by atoms with Gasteiger partial charge in [0.25, 0.3) is 0 Å². The average Bonchev–Trinajstić information content (AvgIpc) is 2.73. The molecule has 0 aliphatic rings. The highest BCUT2D eigenvalue weighted by Crippen LogP contribution is 2.22. The van der Waals surface area contributed by atoms with Crippen LogP contribution in [0.3, 0.4) is 0 Å². The topological polar surface area (TPSA) is 69.1 Å². The summed E-state index contributed by atoms with van der Waals surface area (Å²) in [6, 6.07) is 0.0108. The number of hydrogen-bond acceptors (Lipinski definition) is 5. The van der Waals surface area contributed by atoms with Crippen molar-refractivity contribution in [3.8, 4) is 0 Å². The maximum atomic E-state index is 5.93. The van der Waals surface area contributed by atoms with Gasteiger partial charge in [-0.1, -0.05) is 32.1 Å². The largest absolute Gasteiger partial charge is 0.322 e. The second-order valence-corrected chi connectivity index (χ2v) is 4.85. The highest BCUT2D eigenvalue weighted by molar-refractivity contribution is 7.16. The van der Waals surface area contributed by atoms with E-state index in [1.54, 1.807) is 4.52 Å². The first kappa shape index (κ1) is 10.5. The van der Waals surface area contributed by atoms with Gasteiger partial charge in [0, 0.05) is 5.92 Å². The van der Waals surface area contributed by atoms with E-state index in [0.717, 1.165) is 22.2 Å². The molecule has 0 amide bonds. The van der Waals surface area contributed by atoms with Gasteiger partial charge in [-0.05, 0) is 6.42 Å². The molecule has 0 bridgehead atoms. The molecule has 2 rings (SSSR count). The predicted octanol–water partition coefficient (Wildman–Crippen LogP) is 1.72. The minimum Gasteiger partial charge on any atom is -0.322 e. The molecule has 5 nitrogen and oxygen atoms in total. The fraction of sp³-hybridized carbons (Fsp3) is 0.667. The van der Waals surface area contributed by atoms with Crippen molar-refractivity contribution in [1.82, 2.24) is 19.8 Å². The Morgan fingerprint density at radius 2 is 2.13 bits per heavy atom. The van der Waals surface area contributed by atoms with Crippen LogP contribution in [0.15, 0.2) is 0 Å². The first-order chi connectivity index (χ1) is 7.13. The Kier molecular flexibility index (Phi) is 2.70. The molecular formula is C9H15N5S. The van der Waals surface area contributed by atoms with E-state index < -0.39 is 0 Å². The molecule has 0 spiro atoms. The molecule has 15 heavy (non-hydrogen) atoms. The lowest BCUT2D eigenvalue weighted by Crippen LogP contribution is -2.09. The van der Waals surface area contributed by atoms with Crippen LogP contribution in [0.2, 0.25) is 0 Å². The van der Waals surface area contributed by atoms with E-state index in [9.17, 15) is 0 Å². The Bertz CT molecular complexity index is 458. The second-order valence-electron chi connectivity index (χ2n) is 3.86. The van der Waals surface area contributed by atoms with Gasteiger partial charge in [-0.2, -0.15) is 9.61 Å². The fourth-order valence-electron chi connectivity index (χ4n) is 1.33. The summed E-state index contributed by atoms with van der Waals surface area (Å²) in [7, 11) is 0. The van der Waals surface area contributed by atoms with Crippen molar-refractivity contribution >= 4 is 16.3 Å². The number of aromatic nitrogens is 4. The van der Waals surface area contributed by atoms with Gasteiger partial charge in [0.15, 0.2) is 5.82 Å². The smallest absolute Gasteiger partial charge is 0.234 e. The van der Waals surface area contributed by atoms with Crippen molar-refractivity contribution in [3.05, 3.63) is 10.8 Å². The van der Waals surface area contributed by atoms with E-state index in [1.807, 2.05) is 0 Å². The van der Waals surface area contributed by atoms with Gasteiger partial charge in [-0.25, -0.2) is 0 Å². The molecule has 6 heteroatoms. The standard InChI is InChI=1S/C9H15N5S/c1-4-6(10)8-13-14-7(5(2)3)11-12-9(14)15-8/h5-6H,4,10H2,1-3H3. The highest BCUT2D eigenvalue weighted by atomic mass is 32.1. The van der Waals surface area contributed by atoms with Gasteiger partial charge in [0.05, 0.1) is 6.04 Å². The van der Waals surface area contributed by atoms with Gasteiger partial charge < -0.3 is 5.73 Å². The maximum Gasteiger partial charge on any atom is 0.234 e. The summed E-state index contributed by atoms with van der Waals surface area (Å²) in [5.74, 6) is 1.23. The summed E-state index contributed by atoms with van der Waals surface area (Å²) >= 11 is 1.52. The maximum absolute atomic E-state index is 5.93. The lowest BCUT2D eigenvalue weighted by atomic mass is 10.2. The van der Waals surface area contributed by atoms with Crippen LogP contribution in [-0.4, -0.2) is 19.8 Å². The lowest BCUT2D eigenvalue weighted by Gasteiger charge is -2.02. The lowest BCUT2D eigenvalue weighted by molar-refractivity contribution is 0.657. The third-order valence-corrected chi connectivity index (χ3v) is 3.33. The zero-order chi connectivity index (χ0) is 11.0. The quantitative estimate of drug-likeness (QED) is 0.863. The third-order valence-electron chi connectivity index (χ3n) is 2.30. The number of nitrogens with two attached hydrogens (primary N) is 1. The molecule has 1 unspecified atom stereocenters. The summed E-state index contributed by atoms with van der Waals surface area (Å²) in [6.45, 7) is 6.21. The SMILES string of the molecule is CCC(N)c1nn2c(C(C)C)nnc2s1. The Labute approximate surface area is 92.3 Å². The molecule has 0 aromatic carbocycles. The van der Waals surface area contributed by atoms with E-state index in [-0.39, 0.29) is 6.04 Å². The average molecular weight is 225 g/mol. The van der Waals surface area contributed by atoms with Crippen LogP contribution in [0.5, 0.6) is 0 Å². The first-order valence-electron chi connectivity index (χ1n) is 5.11. The monoisotopic (exact) mass is 225 g/mol. The van der Waals surface area contributed by atoms with Crippen LogP contribution in [0.4, 0.5) is 0 Å². The zero-order valence-electron chi connectivity index (χ0n) is 9.14. The minimum atomic E-state index is 0.0108. The third kappa shape index (κ3) is 1.74. The number of nitrogens with zero attached hydrogens (tertiary/aromatic N) is 4. The van der Waals surface area contributed by atoms with Gasteiger partial charge in [0.1, 0.15) is 5.01 Å². The molecule has 2 aromatic heterocycles. The van der Waals surface area contributed by atoms with Crippen molar-refractivity contribution in [2.45, 2.75) is 39.2 Å². The normalized spacial score (nSPS) is 13.9. The van der Waals surface area contributed by atoms with E-state index in [4.69, 9.17) is 5.73 Å². The summed E-state index contributed by atoms with van der Waals surface area (Å²) < 4.78 is 1.81. The van der Waals surface area contributed by atoms with Gasteiger partial charge in [-0.3, -0.25) is 0 Å². The molecule has 0 fully saturated rings. The first-order valence-corrected chi connectivity index (χ1v) is 5.92. The molecule has 2 heterocycles. The predicted molar refractivity (Wildman–Crippen MR) is 60.0 cm³/mol. The highest BCUT2D eigenvalue weighted by Gasteiger charge is 2.16. The fourth-order valence-corrected chi connectivity index (χ4v) is 2.26. The van der Waals surface area contributed by atoms with Crippen molar-refractivity contribution in [2.24, 2.45) is 5.73 Å². The summed E-state index contributed by atoms with van der Waals surface area (Å²) in [5.41, 5.74) is 5.93. The van der Waals surface area contributed by atoms with E-state index in [2.05, 4.69) is 36.1 Å². The van der Waals surface area contributed by atoms with Gasteiger partial charge in [0.2, 0.25) is 4.96 Å². The molecule has 2 N–H and O–H groups in total. The van der Waals surface area contributed by atoms with Crippen LogP contribution in [-0.2, 0) is 0 Å². The van der Waals surface area contributed by atoms with Crippen molar-refractivity contribution in [1.29, 1.82) is 0 Å². The Morgan fingerprint density at radius 3 is 2.73 bits per heavy atom. The molecule has 0 saturated heterocycles. The van der Waals surface area contributed by atoms with E-state index in [1.165, 1.54) is 11.3 Å². The van der Waals surface area contributed by atoms with Crippen LogP contribution < -0.4 is 5.73 Å². The second kappa shape index (κ2) is 3.86. The summed E-state index contributed by atoms with van der Waals surface area (Å²) in [4.78, 5) is 0.831. The van der Waals surface area contributed by atoms with Crippen molar-refractivity contribution < 1.29 is 0 Å². The van der Waals surface area contributed by atoms with Crippen molar-refractivity contribution in [3.63, 3.8) is 0 Å². The van der Waals surface area contributed by atoms with Crippen LogP contribution >= 0.6 is 11.3 Å². The molecule has 1 atom stereocenters. The van der Waals surface area contributed by atoms with Crippen molar-refractivity contribution in [2.75, 3.05) is 0 Å². The Morgan fingerprint density at radius 1 is 1.40 bits per heavy atom. The summed E-state index contributed by atoms with van der Waals surface area (Å²) in [6.07, 6.45) is 0.890. The molecule has 82 valence electrons. The van der Waals surface area contributed by atoms with E-state index in [0.29, 0.717) is 5.92 Å². The number of fused-ring (bicyclic) bond motifs is 1. The Hall–Kier alpha value is -1.01. The molecule has 0 aliphatic heterocycles. The molecule has 0 radical (unpaired) electrons. The van der Waals surface area contributed by atoms with Gasteiger partial charge in [-0.15, -0.1) is 10.2 Å². The Balaban J connectivity index is 2.47. The number of hydrogen-bond donors (Lipinski definition) is 1. The number of rotatable bonds is 3. The van der Waals surface area contributed by atoms with Crippen LogP contribution in [0, 0.1) is 0 Å². The zero-order valence-corrected chi connectivity index (χ0v) is 9.95. The minimum absolute atomic E-state index is 0.0108. The molecule has 2 aromatic rings. The van der Waals surface area contributed by atoms with E-state index >= 15 is 0 Å². The van der Waals surface area contributed by atoms with Crippen LogP contribution in [0.1, 0.15) is 50.0 Å². The van der Waals surface area contributed by atoms with Gasteiger partial charge >= 0.3 is 0 Å². The van der Waals surface area contributed by atoms with Crippen LogP contribution in [0.25, 0.3) is 4.96 Å². The molecule has 0 saturated carbocycles. The molecular weight excluding hydrogens is 210 g/mol.